The maximum absolute atomic E-state index is 13.6. The average Bonchev–Trinajstić information content (AvgIpc) is 2.90. The molecule has 0 heterocycles. The molecule has 0 saturated carbocycles. The Bertz CT molecular complexity index is 1280. The third kappa shape index (κ3) is 7.41. The van der Waals surface area contributed by atoms with Gasteiger partial charge in [-0.3, -0.25) is 4.79 Å². The maximum atomic E-state index is 13.6. The van der Waals surface area contributed by atoms with Crippen LogP contribution < -0.4 is 4.74 Å². The summed E-state index contributed by atoms with van der Waals surface area (Å²) in [6.45, 7) is 1.72. The van der Waals surface area contributed by atoms with Crippen LogP contribution in [0.3, 0.4) is 0 Å². The van der Waals surface area contributed by atoms with Crippen LogP contribution >= 0.6 is 11.6 Å². The summed E-state index contributed by atoms with van der Waals surface area (Å²) in [5.41, 5.74) is 1.58. The highest BCUT2D eigenvalue weighted by Crippen LogP contribution is 2.38. The van der Waals surface area contributed by atoms with Gasteiger partial charge in [0.1, 0.15) is 12.4 Å². The van der Waals surface area contributed by atoms with Crippen LogP contribution in [0.5, 0.6) is 5.75 Å². The van der Waals surface area contributed by atoms with E-state index < -0.39 is 23.8 Å². The van der Waals surface area contributed by atoms with Gasteiger partial charge in [0.15, 0.2) is 0 Å². The van der Waals surface area contributed by atoms with E-state index in [1.165, 1.54) is 25.2 Å². The quantitative estimate of drug-likeness (QED) is 0.271. The molecule has 3 rings (SSSR count). The number of carbonyl (C=O) groups is 2. The molecule has 10 heteroatoms. The molecule has 1 amide bonds. The van der Waals surface area contributed by atoms with Crippen LogP contribution in [0.4, 0.5) is 18.0 Å². The summed E-state index contributed by atoms with van der Waals surface area (Å²) in [4.78, 5) is 26.0. The summed E-state index contributed by atoms with van der Waals surface area (Å²) in [6, 6.07) is 15.0. The first-order valence-corrected chi connectivity index (χ1v) is 12.0. The lowest BCUT2D eigenvalue weighted by Crippen LogP contribution is -2.31. The number of nitrogens with zero attached hydrogens (tertiary/aromatic N) is 1. The van der Waals surface area contributed by atoms with Crippen LogP contribution in [0.15, 0.2) is 60.7 Å². The Labute approximate surface area is 223 Å². The Morgan fingerprint density at radius 3 is 2.21 bits per heavy atom. The van der Waals surface area contributed by atoms with Crippen molar-refractivity contribution < 1.29 is 37.0 Å². The zero-order chi connectivity index (χ0) is 27.9. The molecule has 38 heavy (non-hydrogen) atoms. The summed E-state index contributed by atoms with van der Waals surface area (Å²) < 4.78 is 56.4. The zero-order valence-corrected chi connectivity index (χ0v) is 21.9. The monoisotopic (exact) mass is 549 g/mol. The number of alkyl halides is 3. The number of esters is 1. The summed E-state index contributed by atoms with van der Waals surface area (Å²) in [7, 11) is 2.71. The molecule has 3 aromatic rings. The Morgan fingerprint density at radius 1 is 0.921 bits per heavy atom. The maximum Gasteiger partial charge on any atom is 0.416 e. The van der Waals surface area contributed by atoms with Gasteiger partial charge in [-0.1, -0.05) is 35.9 Å². The van der Waals surface area contributed by atoms with E-state index in [-0.39, 0.29) is 31.7 Å². The highest BCUT2D eigenvalue weighted by Gasteiger charge is 2.32. The molecule has 0 spiro atoms. The van der Waals surface area contributed by atoms with Crippen molar-refractivity contribution in [1.82, 2.24) is 4.90 Å². The third-order valence-electron chi connectivity index (χ3n) is 5.84. The second kappa shape index (κ2) is 12.7. The molecule has 6 nitrogen and oxygen atoms in total. The number of ether oxygens (including phenoxy) is 3. The van der Waals surface area contributed by atoms with E-state index in [1.54, 1.807) is 49.4 Å². The minimum atomic E-state index is -4.59. The Kier molecular flexibility index (Phi) is 9.63. The number of hydrogen-bond donors (Lipinski definition) is 0. The normalized spacial score (nSPS) is 11.1. The minimum absolute atomic E-state index is 0.0225. The standard InChI is InChI=1S/C28H27ClF3NO5/c1-4-33(27(35)38-17-18-5-9-22(29)10-6-18)16-20-15-21(28(30,31)32)8-11-23(20)24-13-19(14-26(34)37-3)7-12-25(24)36-2/h5-13,15H,4,14,16-17H2,1-3H3. The van der Waals surface area contributed by atoms with Gasteiger partial charge in [0.2, 0.25) is 0 Å². The van der Waals surface area contributed by atoms with E-state index in [4.69, 9.17) is 25.8 Å². The van der Waals surface area contributed by atoms with E-state index in [2.05, 4.69) is 0 Å². The number of hydrogen-bond acceptors (Lipinski definition) is 5. The van der Waals surface area contributed by atoms with Crippen molar-refractivity contribution in [3.8, 4) is 16.9 Å². The van der Waals surface area contributed by atoms with Gasteiger partial charge in [0.25, 0.3) is 0 Å². The molecule has 202 valence electrons. The molecule has 0 saturated heterocycles. The van der Waals surface area contributed by atoms with E-state index in [0.29, 0.717) is 33.0 Å². The number of carbonyl (C=O) groups excluding carboxylic acids is 2. The van der Waals surface area contributed by atoms with Gasteiger partial charge in [0.05, 0.1) is 26.2 Å². The van der Waals surface area contributed by atoms with Crippen molar-refractivity contribution in [2.24, 2.45) is 0 Å². The largest absolute Gasteiger partial charge is 0.496 e. The van der Waals surface area contributed by atoms with Gasteiger partial charge in [-0.05, 0) is 65.6 Å². The topological polar surface area (TPSA) is 65.1 Å². The molecule has 0 fully saturated rings. The van der Waals surface area contributed by atoms with Crippen molar-refractivity contribution in [2.45, 2.75) is 32.7 Å². The number of amides is 1. The van der Waals surface area contributed by atoms with Gasteiger partial charge in [-0.2, -0.15) is 13.2 Å². The predicted octanol–water partition coefficient (Wildman–Crippen LogP) is 6.91. The van der Waals surface area contributed by atoms with E-state index in [0.717, 1.165) is 12.1 Å². The van der Waals surface area contributed by atoms with E-state index in [1.807, 2.05) is 0 Å². The van der Waals surface area contributed by atoms with Crippen molar-refractivity contribution >= 4 is 23.7 Å². The van der Waals surface area contributed by atoms with Crippen molar-refractivity contribution in [2.75, 3.05) is 20.8 Å². The second-order valence-electron chi connectivity index (χ2n) is 8.35. The van der Waals surface area contributed by atoms with Gasteiger partial charge < -0.3 is 19.1 Å². The molecule has 0 N–H and O–H groups in total. The van der Waals surface area contributed by atoms with Crippen LogP contribution in [0, 0.1) is 0 Å². The highest BCUT2D eigenvalue weighted by atomic mass is 35.5. The number of benzene rings is 3. The van der Waals surface area contributed by atoms with E-state index in [9.17, 15) is 22.8 Å². The van der Waals surface area contributed by atoms with Crippen LogP contribution in [0.1, 0.15) is 29.2 Å². The Hall–Kier alpha value is -3.72. The number of methoxy groups -OCH3 is 2. The first kappa shape index (κ1) is 28.8. The second-order valence-corrected chi connectivity index (χ2v) is 8.79. The van der Waals surface area contributed by atoms with E-state index >= 15 is 0 Å². The molecule has 0 unspecified atom stereocenters. The van der Waals surface area contributed by atoms with Gasteiger partial charge in [-0.25, -0.2) is 4.79 Å². The summed E-state index contributed by atoms with van der Waals surface area (Å²) in [5, 5.41) is 0.540. The molecule has 0 aliphatic rings. The summed E-state index contributed by atoms with van der Waals surface area (Å²) >= 11 is 5.88. The predicted molar refractivity (Wildman–Crippen MR) is 137 cm³/mol. The Balaban J connectivity index is 1.97. The van der Waals surface area contributed by atoms with Crippen molar-refractivity contribution in [3.63, 3.8) is 0 Å². The van der Waals surface area contributed by atoms with Crippen LogP contribution in [-0.4, -0.2) is 37.7 Å². The molecular formula is C28H27ClF3NO5. The SMILES string of the molecule is CCN(Cc1cc(C(F)(F)F)ccc1-c1cc(CC(=O)OC)ccc1OC)C(=O)OCc1ccc(Cl)cc1. The lowest BCUT2D eigenvalue weighted by atomic mass is 9.94. The van der Waals surface area contributed by atoms with Crippen LogP contribution in [0.25, 0.3) is 11.1 Å². The lowest BCUT2D eigenvalue weighted by Gasteiger charge is -2.23. The molecule has 0 radical (unpaired) electrons. The molecule has 3 aromatic carbocycles. The van der Waals surface area contributed by atoms with Gasteiger partial charge in [0, 0.05) is 23.7 Å². The number of rotatable bonds is 9. The molecule has 0 bridgehead atoms. The fourth-order valence-electron chi connectivity index (χ4n) is 3.81. The average molecular weight is 550 g/mol. The first-order valence-electron chi connectivity index (χ1n) is 11.7. The van der Waals surface area contributed by atoms with Gasteiger partial charge >= 0.3 is 18.2 Å². The lowest BCUT2D eigenvalue weighted by molar-refractivity contribution is -0.140. The fraction of sp³-hybridized carbons (Fsp3) is 0.286. The molecule has 0 aromatic heterocycles. The zero-order valence-electron chi connectivity index (χ0n) is 21.1. The summed E-state index contributed by atoms with van der Waals surface area (Å²) in [6.07, 6.45) is -5.30. The molecule has 0 aliphatic carbocycles. The highest BCUT2D eigenvalue weighted by molar-refractivity contribution is 6.30. The van der Waals surface area contributed by atoms with Crippen molar-refractivity contribution in [1.29, 1.82) is 0 Å². The molecule has 0 aliphatic heterocycles. The smallest absolute Gasteiger partial charge is 0.416 e. The van der Waals surface area contributed by atoms with Gasteiger partial charge in [-0.15, -0.1) is 0 Å². The van der Waals surface area contributed by atoms with Crippen LogP contribution in [-0.2, 0) is 40.0 Å². The molecule has 0 atom stereocenters. The minimum Gasteiger partial charge on any atom is -0.496 e. The first-order chi connectivity index (χ1) is 18.0. The van der Waals surface area contributed by atoms with Crippen molar-refractivity contribution in [3.05, 3.63) is 87.9 Å². The van der Waals surface area contributed by atoms with Crippen LogP contribution in [0.2, 0.25) is 5.02 Å². The Morgan fingerprint density at radius 2 is 1.61 bits per heavy atom. The number of halogens is 4. The fourth-order valence-corrected chi connectivity index (χ4v) is 3.93. The summed E-state index contributed by atoms with van der Waals surface area (Å²) in [5.74, 6) is -0.0673. The molecular weight excluding hydrogens is 523 g/mol. The third-order valence-corrected chi connectivity index (χ3v) is 6.09.